The van der Waals surface area contributed by atoms with E-state index >= 15 is 0 Å². The molecule has 2 aromatic carbocycles. The lowest BCUT2D eigenvalue weighted by atomic mass is 9.86. The summed E-state index contributed by atoms with van der Waals surface area (Å²) in [5.41, 5.74) is -0.590. The molecular weight excluding hydrogens is 612 g/mol. The Kier molecular flexibility index (Phi) is 9.59. The molecule has 6 rings (SSSR count). The SMILES string of the molecule is C[C@H]1C[C@@H]2O[C@@H](CO[Si](c3ccccc3)(c3ccccc3)C(C)(C)C)C[C@@H]2O[C@@]12CC[C@@]1(O[C@H](COC(=O)C(C)(C)C)CC[C@H]1O)O2. The molecule has 0 saturated carbocycles. The fraction of sp³-hybridized carbons (Fsp3) is 0.658. The summed E-state index contributed by atoms with van der Waals surface area (Å²) in [4.78, 5) is 12.4. The number of rotatable bonds is 7. The smallest absolute Gasteiger partial charge is 0.311 e. The van der Waals surface area contributed by atoms with E-state index in [1.54, 1.807) is 0 Å². The lowest BCUT2D eigenvalue weighted by molar-refractivity contribution is -0.396. The molecule has 0 bridgehead atoms. The lowest BCUT2D eigenvalue weighted by Gasteiger charge is -2.47. The second-order valence-electron chi connectivity index (χ2n) is 16.2. The van der Waals surface area contributed by atoms with Gasteiger partial charge in [0.2, 0.25) is 0 Å². The van der Waals surface area contributed by atoms with E-state index < -0.39 is 31.4 Å². The van der Waals surface area contributed by atoms with Gasteiger partial charge in [-0.3, -0.25) is 4.79 Å². The first-order valence-electron chi connectivity index (χ1n) is 17.5. The van der Waals surface area contributed by atoms with Crippen molar-refractivity contribution < 1.29 is 38.0 Å². The Bertz CT molecular complexity index is 1330. The maximum Gasteiger partial charge on any atom is 0.311 e. The summed E-state index contributed by atoms with van der Waals surface area (Å²) in [7, 11) is -2.70. The van der Waals surface area contributed by atoms with Gasteiger partial charge in [-0.2, -0.15) is 0 Å². The van der Waals surface area contributed by atoms with Gasteiger partial charge in [-0.15, -0.1) is 0 Å². The Morgan fingerprint density at radius 3 is 2.04 bits per heavy atom. The summed E-state index contributed by atoms with van der Waals surface area (Å²) in [5, 5.41) is 13.5. The van der Waals surface area contributed by atoms with Crippen molar-refractivity contribution in [2.24, 2.45) is 11.3 Å². The van der Waals surface area contributed by atoms with Gasteiger partial charge in [-0.25, -0.2) is 0 Å². The van der Waals surface area contributed by atoms with Gasteiger partial charge >= 0.3 is 5.97 Å². The maximum absolute atomic E-state index is 12.4. The average Bonchev–Trinajstić information content (AvgIpc) is 3.59. The van der Waals surface area contributed by atoms with Crippen LogP contribution < -0.4 is 10.4 Å². The van der Waals surface area contributed by atoms with E-state index in [1.807, 2.05) is 20.8 Å². The van der Waals surface area contributed by atoms with Gasteiger partial charge in [0.15, 0.2) is 11.6 Å². The molecule has 4 saturated heterocycles. The number of esters is 1. The van der Waals surface area contributed by atoms with E-state index in [1.165, 1.54) is 10.4 Å². The van der Waals surface area contributed by atoms with Gasteiger partial charge in [0.25, 0.3) is 8.32 Å². The van der Waals surface area contributed by atoms with Crippen molar-refractivity contribution in [1.29, 1.82) is 0 Å². The van der Waals surface area contributed by atoms with Crippen molar-refractivity contribution in [3.8, 4) is 0 Å². The Morgan fingerprint density at radius 2 is 1.45 bits per heavy atom. The highest BCUT2D eigenvalue weighted by Crippen LogP contribution is 2.53. The van der Waals surface area contributed by atoms with Crippen LogP contribution in [0.15, 0.2) is 60.7 Å². The predicted octanol–water partition coefficient (Wildman–Crippen LogP) is 5.48. The minimum absolute atomic E-state index is 0.0365. The molecule has 9 heteroatoms. The third-order valence-corrected chi connectivity index (χ3v) is 15.7. The first-order valence-corrected chi connectivity index (χ1v) is 19.4. The van der Waals surface area contributed by atoms with Crippen LogP contribution >= 0.6 is 0 Å². The van der Waals surface area contributed by atoms with Crippen molar-refractivity contribution in [2.45, 2.75) is 134 Å². The summed E-state index contributed by atoms with van der Waals surface area (Å²) in [6.45, 7) is 15.1. The van der Waals surface area contributed by atoms with E-state index in [0.717, 1.165) is 6.42 Å². The van der Waals surface area contributed by atoms with Gasteiger partial charge in [-0.05, 0) is 55.4 Å². The third-order valence-electron chi connectivity index (χ3n) is 10.7. The monoisotopic (exact) mass is 666 g/mol. The van der Waals surface area contributed by atoms with Gasteiger partial charge in [0, 0.05) is 25.2 Å². The van der Waals surface area contributed by atoms with Gasteiger partial charge < -0.3 is 33.2 Å². The molecule has 8 nitrogen and oxygen atoms in total. The molecule has 4 aliphatic rings. The van der Waals surface area contributed by atoms with Crippen LogP contribution in [0, 0.1) is 11.3 Å². The van der Waals surface area contributed by atoms with Gasteiger partial charge in [0.05, 0.1) is 36.4 Å². The van der Waals surface area contributed by atoms with E-state index in [2.05, 4.69) is 88.4 Å². The largest absolute Gasteiger partial charge is 0.463 e. The quantitative estimate of drug-likeness (QED) is 0.307. The zero-order valence-corrected chi connectivity index (χ0v) is 30.2. The summed E-state index contributed by atoms with van der Waals surface area (Å²) >= 11 is 0. The van der Waals surface area contributed by atoms with Crippen LogP contribution in [0.4, 0.5) is 0 Å². The molecule has 2 aromatic rings. The number of ether oxygens (including phenoxy) is 5. The number of benzene rings is 2. The zero-order chi connectivity index (χ0) is 33.7. The average molecular weight is 667 g/mol. The van der Waals surface area contributed by atoms with Crippen LogP contribution in [0.5, 0.6) is 0 Å². The van der Waals surface area contributed by atoms with Crippen LogP contribution in [0.25, 0.3) is 0 Å². The number of fused-ring (bicyclic) bond motifs is 1. The highest BCUT2D eigenvalue weighted by Gasteiger charge is 2.63. The maximum atomic E-state index is 12.4. The fourth-order valence-electron chi connectivity index (χ4n) is 8.10. The summed E-state index contributed by atoms with van der Waals surface area (Å²) in [6.07, 6.45) is 2.32. The van der Waals surface area contributed by atoms with Crippen molar-refractivity contribution in [1.82, 2.24) is 0 Å². The first kappa shape index (κ1) is 34.7. The topological polar surface area (TPSA) is 92.7 Å². The molecule has 0 amide bonds. The van der Waals surface area contributed by atoms with Crippen LogP contribution in [-0.2, 0) is 32.9 Å². The van der Waals surface area contributed by atoms with Crippen LogP contribution in [-0.4, -0.2) is 74.7 Å². The van der Waals surface area contributed by atoms with Crippen LogP contribution in [0.2, 0.25) is 5.04 Å². The lowest BCUT2D eigenvalue weighted by Crippen LogP contribution is -2.67. The minimum Gasteiger partial charge on any atom is -0.463 e. The number of aliphatic hydroxyl groups excluding tert-OH is 1. The van der Waals surface area contributed by atoms with Crippen molar-refractivity contribution in [3.05, 3.63) is 60.7 Å². The Morgan fingerprint density at radius 1 is 0.830 bits per heavy atom. The molecule has 4 fully saturated rings. The highest BCUT2D eigenvalue weighted by molar-refractivity contribution is 6.99. The van der Waals surface area contributed by atoms with Crippen LogP contribution in [0.1, 0.15) is 87.0 Å². The third kappa shape index (κ3) is 6.62. The minimum atomic E-state index is -2.70. The Hall–Kier alpha value is -2.11. The van der Waals surface area contributed by atoms with E-state index in [0.29, 0.717) is 38.7 Å². The molecule has 0 unspecified atom stereocenters. The van der Waals surface area contributed by atoms with E-state index in [-0.39, 0.29) is 47.9 Å². The Labute approximate surface area is 281 Å². The number of hydrogen-bond acceptors (Lipinski definition) is 8. The standard InChI is InChI=1S/C38H54O8Si/c1-26-22-31-32(45-37(26)20-21-38(46-37)33(39)19-18-27(44-38)24-41-34(40)35(2,3)4)23-28(43-31)25-42-47(36(5,6)7,29-14-10-8-11-15-29)30-16-12-9-13-17-30/h8-17,26-28,31-33,39H,18-25H2,1-7H3/t26-,27-,28+,31-,32-,33+,37+,38+/m0/s1. The summed E-state index contributed by atoms with van der Waals surface area (Å²) < 4.78 is 39.5. The molecule has 0 aliphatic carbocycles. The molecular formula is C38H54O8Si. The molecule has 258 valence electrons. The molecule has 0 radical (unpaired) electrons. The number of carbonyl (C=O) groups is 1. The molecule has 0 aromatic heterocycles. The fourth-order valence-corrected chi connectivity index (χ4v) is 12.7. The molecule has 8 atom stereocenters. The predicted molar refractivity (Wildman–Crippen MR) is 182 cm³/mol. The Balaban J connectivity index is 1.14. The van der Waals surface area contributed by atoms with E-state index in [4.69, 9.17) is 28.1 Å². The summed E-state index contributed by atoms with van der Waals surface area (Å²) in [5.74, 6) is -2.28. The zero-order valence-electron chi connectivity index (χ0n) is 29.2. The van der Waals surface area contributed by atoms with Crippen LogP contribution in [0.3, 0.4) is 0 Å². The van der Waals surface area contributed by atoms with Crippen molar-refractivity contribution in [3.63, 3.8) is 0 Å². The van der Waals surface area contributed by atoms with Gasteiger partial charge in [0.1, 0.15) is 12.7 Å². The first-order chi connectivity index (χ1) is 22.2. The molecule has 47 heavy (non-hydrogen) atoms. The molecule has 2 spiro atoms. The molecule has 4 heterocycles. The van der Waals surface area contributed by atoms with Crippen molar-refractivity contribution >= 4 is 24.7 Å². The second-order valence-corrected chi connectivity index (χ2v) is 20.5. The highest BCUT2D eigenvalue weighted by atomic mass is 28.4. The number of hydrogen-bond donors (Lipinski definition) is 1. The molecule has 1 N–H and O–H groups in total. The number of aliphatic hydroxyl groups is 1. The molecule has 4 aliphatic heterocycles. The van der Waals surface area contributed by atoms with E-state index in [9.17, 15) is 9.90 Å². The second kappa shape index (κ2) is 13.0. The van der Waals surface area contributed by atoms with Crippen molar-refractivity contribution in [2.75, 3.05) is 13.2 Å². The summed E-state index contributed by atoms with van der Waals surface area (Å²) in [6, 6.07) is 21.4. The normalized spacial score (nSPS) is 34.5. The van der Waals surface area contributed by atoms with Gasteiger partial charge in [-0.1, -0.05) is 88.4 Å². The number of carbonyl (C=O) groups excluding carboxylic acids is 1.